The van der Waals surface area contributed by atoms with Crippen molar-refractivity contribution in [3.63, 3.8) is 0 Å². The van der Waals surface area contributed by atoms with Crippen LogP contribution in [0.25, 0.3) is 0 Å². The second kappa shape index (κ2) is 14.8. The van der Waals surface area contributed by atoms with Gasteiger partial charge in [0.2, 0.25) is 0 Å². The van der Waals surface area contributed by atoms with Crippen LogP contribution >= 0.6 is 0 Å². The van der Waals surface area contributed by atoms with E-state index in [0.717, 1.165) is 4.90 Å². The number of carbonyl (C=O) groups is 3. The van der Waals surface area contributed by atoms with Crippen molar-refractivity contribution in [2.45, 2.75) is 62.3 Å². The standard InChI is InChI=1S/C34H34F6N4O6/c1-22(24-14-26(33(35,36)37)16-27(15-24)34(38,39)40)50-20-32(25-10-6-3-7-11-25)13-12-31(17-28(45)46,44(21-41)29(42)47)19-43(32)30(48)49-18-23-8-4-2-5-9-23/h2-11,14-16,21-22,41H,12-13,17-20H2,1H3,(H2,42,47)(H,45,46)/t22-,31-,32-/m1/s1. The van der Waals surface area contributed by atoms with Gasteiger partial charge in [-0.1, -0.05) is 60.7 Å². The maximum Gasteiger partial charge on any atom is 0.416 e. The van der Waals surface area contributed by atoms with Crippen LogP contribution in [0.1, 0.15) is 60.1 Å². The Balaban J connectivity index is 1.82. The molecule has 0 unspecified atom stereocenters. The van der Waals surface area contributed by atoms with Crippen LogP contribution in [0.4, 0.5) is 35.9 Å². The fraction of sp³-hybridized carbons (Fsp3) is 0.353. The van der Waals surface area contributed by atoms with Crippen LogP contribution in [0.2, 0.25) is 0 Å². The summed E-state index contributed by atoms with van der Waals surface area (Å²) in [5, 5.41) is 17.7. The van der Waals surface area contributed by atoms with Crippen LogP contribution in [-0.2, 0) is 38.8 Å². The number of likely N-dealkylation sites (tertiary alicyclic amines) is 1. The number of aliphatic carboxylic acids is 1. The highest BCUT2D eigenvalue weighted by Crippen LogP contribution is 2.46. The molecule has 1 fully saturated rings. The Bertz CT molecular complexity index is 1660. The van der Waals surface area contributed by atoms with Crippen molar-refractivity contribution in [1.29, 1.82) is 5.41 Å². The van der Waals surface area contributed by atoms with Crippen molar-refractivity contribution in [2.24, 2.45) is 5.73 Å². The predicted molar refractivity (Wildman–Crippen MR) is 167 cm³/mol. The molecular formula is C34H34F6N4O6. The van der Waals surface area contributed by atoms with Gasteiger partial charge in [0, 0.05) is 6.54 Å². The first-order valence-electron chi connectivity index (χ1n) is 15.2. The van der Waals surface area contributed by atoms with Gasteiger partial charge in [-0.2, -0.15) is 26.3 Å². The normalized spacial score (nSPS) is 20.1. The summed E-state index contributed by atoms with van der Waals surface area (Å²) in [6.07, 6.45) is -13.1. The van der Waals surface area contributed by atoms with Gasteiger partial charge in [0.25, 0.3) is 0 Å². The van der Waals surface area contributed by atoms with Gasteiger partial charge in [-0.25, -0.2) is 9.59 Å². The van der Waals surface area contributed by atoms with Gasteiger partial charge >= 0.3 is 30.4 Å². The summed E-state index contributed by atoms with van der Waals surface area (Å²) in [6, 6.07) is 16.6. The van der Waals surface area contributed by atoms with E-state index in [9.17, 15) is 45.8 Å². The number of ether oxygens (including phenoxy) is 2. The number of rotatable bonds is 11. The average Bonchev–Trinajstić information content (AvgIpc) is 3.06. The quantitative estimate of drug-likeness (QED) is 0.108. The summed E-state index contributed by atoms with van der Waals surface area (Å²) in [7, 11) is 0. The maximum absolute atomic E-state index is 14.1. The molecule has 3 aromatic rings. The highest BCUT2D eigenvalue weighted by molar-refractivity contribution is 5.87. The lowest BCUT2D eigenvalue weighted by molar-refractivity contribution is -0.143. The summed E-state index contributed by atoms with van der Waals surface area (Å²) < 4.78 is 93.6. The molecule has 1 aliphatic heterocycles. The van der Waals surface area contributed by atoms with Crippen molar-refractivity contribution in [1.82, 2.24) is 9.80 Å². The van der Waals surface area contributed by atoms with E-state index in [4.69, 9.17) is 20.6 Å². The van der Waals surface area contributed by atoms with Crippen LogP contribution in [0.3, 0.4) is 0 Å². The molecule has 3 amide bonds. The first kappa shape index (κ1) is 37.7. The Labute approximate surface area is 282 Å². The van der Waals surface area contributed by atoms with E-state index >= 15 is 0 Å². The van der Waals surface area contributed by atoms with E-state index in [0.29, 0.717) is 34.5 Å². The Morgan fingerprint density at radius 3 is 2.02 bits per heavy atom. The molecule has 3 atom stereocenters. The number of hydrogen-bond donors (Lipinski definition) is 3. The molecule has 50 heavy (non-hydrogen) atoms. The molecule has 3 aromatic carbocycles. The Hall–Kier alpha value is -5.12. The van der Waals surface area contributed by atoms with Crippen LogP contribution in [0.15, 0.2) is 78.9 Å². The molecule has 0 aliphatic carbocycles. The molecule has 268 valence electrons. The first-order chi connectivity index (χ1) is 23.4. The number of nitrogens with zero attached hydrogens (tertiary/aromatic N) is 2. The molecule has 4 N–H and O–H groups in total. The Kier molecular flexibility index (Phi) is 11.1. The topological polar surface area (TPSA) is 146 Å². The van der Waals surface area contributed by atoms with Crippen molar-refractivity contribution in [3.8, 4) is 0 Å². The first-order valence-corrected chi connectivity index (χ1v) is 15.2. The van der Waals surface area contributed by atoms with Gasteiger partial charge in [0.1, 0.15) is 6.61 Å². The Morgan fingerprint density at radius 2 is 1.52 bits per heavy atom. The monoisotopic (exact) mass is 708 g/mol. The third-order valence-corrected chi connectivity index (χ3v) is 8.72. The van der Waals surface area contributed by atoms with Gasteiger partial charge in [-0.3, -0.25) is 20.0 Å². The fourth-order valence-electron chi connectivity index (χ4n) is 6.13. The van der Waals surface area contributed by atoms with E-state index in [1.165, 1.54) is 6.92 Å². The number of nitrogens with two attached hydrogens (primary N) is 1. The number of primary amides is 1. The minimum atomic E-state index is -5.10. The third-order valence-electron chi connectivity index (χ3n) is 8.72. The minimum Gasteiger partial charge on any atom is -0.481 e. The molecule has 0 spiro atoms. The zero-order chi connectivity index (χ0) is 36.9. The van der Waals surface area contributed by atoms with Crippen molar-refractivity contribution in [3.05, 3.63) is 107 Å². The predicted octanol–water partition coefficient (Wildman–Crippen LogP) is 7.33. The second-order valence-corrected chi connectivity index (χ2v) is 11.9. The van der Waals surface area contributed by atoms with E-state index in [1.54, 1.807) is 60.7 Å². The van der Waals surface area contributed by atoms with Crippen LogP contribution < -0.4 is 5.73 Å². The summed E-state index contributed by atoms with van der Waals surface area (Å²) in [4.78, 5) is 40.5. The lowest BCUT2D eigenvalue weighted by Crippen LogP contribution is -2.68. The van der Waals surface area contributed by atoms with Crippen molar-refractivity contribution >= 4 is 24.4 Å². The highest BCUT2D eigenvalue weighted by Gasteiger charge is 2.55. The Morgan fingerprint density at radius 1 is 0.960 bits per heavy atom. The molecule has 10 nitrogen and oxygen atoms in total. The molecule has 0 bridgehead atoms. The highest BCUT2D eigenvalue weighted by atomic mass is 19.4. The summed E-state index contributed by atoms with van der Waals surface area (Å²) in [6.45, 7) is -0.0488. The molecule has 0 saturated carbocycles. The average molecular weight is 709 g/mol. The van der Waals surface area contributed by atoms with E-state index in [2.05, 4.69) is 0 Å². The molecule has 0 aromatic heterocycles. The summed E-state index contributed by atoms with van der Waals surface area (Å²) in [5.41, 5.74) is -0.270. The van der Waals surface area contributed by atoms with Gasteiger partial charge in [0.05, 0.1) is 47.7 Å². The van der Waals surface area contributed by atoms with Crippen LogP contribution in [0, 0.1) is 5.41 Å². The van der Waals surface area contributed by atoms with Crippen LogP contribution in [0.5, 0.6) is 0 Å². The number of hydrogen-bond acceptors (Lipinski definition) is 6. The number of amides is 3. The molecule has 1 heterocycles. The molecular weight excluding hydrogens is 674 g/mol. The number of benzene rings is 3. The van der Waals surface area contributed by atoms with Gasteiger partial charge in [-0.05, 0) is 54.7 Å². The van der Waals surface area contributed by atoms with Crippen LogP contribution in [-0.4, -0.2) is 58.0 Å². The van der Waals surface area contributed by atoms with E-state index < -0.39 is 83.9 Å². The summed E-state index contributed by atoms with van der Waals surface area (Å²) in [5.74, 6) is -1.38. The molecule has 4 rings (SSSR count). The number of carboxylic acids is 1. The van der Waals surface area contributed by atoms with Gasteiger partial charge in [-0.15, -0.1) is 0 Å². The number of urea groups is 1. The smallest absolute Gasteiger partial charge is 0.416 e. The maximum atomic E-state index is 14.1. The third kappa shape index (κ3) is 8.35. The zero-order valence-electron chi connectivity index (χ0n) is 26.6. The number of piperidine rings is 1. The number of alkyl halides is 6. The van der Waals surface area contributed by atoms with Crippen molar-refractivity contribution < 1.29 is 55.3 Å². The van der Waals surface area contributed by atoms with Gasteiger partial charge in [0.15, 0.2) is 0 Å². The molecule has 0 radical (unpaired) electrons. The van der Waals surface area contributed by atoms with Crippen molar-refractivity contribution in [2.75, 3.05) is 13.2 Å². The lowest BCUT2D eigenvalue weighted by atomic mass is 9.73. The molecule has 16 heteroatoms. The number of carboxylic acid groups (broad SMARTS) is 1. The van der Waals surface area contributed by atoms with E-state index in [1.807, 2.05) is 0 Å². The fourth-order valence-corrected chi connectivity index (χ4v) is 6.13. The minimum absolute atomic E-state index is 0.00311. The van der Waals surface area contributed by atoms with Gasteiger partial charge < -0.3 is 20.3 Å². The number of carbonyl (C=O) groups excluding carboxylic acids is 2. The number of nitrogens with one attached hydrogen (secondary N) is 1. The second-order valence-electron chi connectivity index (χ2n) is 11.9. The molecule has 1 saturated heterocycles. The molecule has 1 aliphatic rings. The lowest BCUT2D eigenvalue weighted by Gasteiger charge is -2.55. The SMILES string of the molecule is C[C@@H](OC[C@@]1(c2ccccc2)CC[C@](CC(=O)O)(N(C=N)C(N)=O)CN1C(=O)OCc1ccccc1)c1cc(C(F)(F)F)cc(C(F)(F)F)c1. The number of halogens is 6. The summed E-state index contributed by atoms with van der Waals surface area (Å²) >= 11 is 0. The zero-order valence-corrected chi connectivity index (χ0v) is 26.6. The largest absolute Gasteiger partial charge is 0.481 e. The van der Waals surface area contributed by atoms with E-state index in [-0.39, 0.29) is 25.5 Å².